The van der Waals surface area contributed by atoms with Crippen LogP contribution in [0.15, 0.2) is 54.7 Å². The number of methoxy groups -OCH3 is 1. The van der Waals surface area contributed by atoms with Gasteiger partial charge in [0, 0.05) is 81.3 Å². The molecule has 0 unspecified atom stereocenters. The molecule has 1 amide bonds. The van der Waals surface area contributed by atoms with Crippen molar-refractivity contribution in [3.8, 4) is 28.6 Å². The first-order valence-corrected chi connectivity index (χ1v) is 12.5. The van der Waals surface area contributed by atoms with Crippen molar-refractivity contribution in [1.29, 1.82) is 0 Å². The molecule has 1 aliphatic rings. The number of carbonyl (C=O) groups is 1. The van der Waals surface area contributed by atoms with Gasteiger partial charge in [0.1, 0.15) is 17.3 Å². The maximum absolute atomic E-state index is 12.7. The lowest BCUT2D eigenvalue weighted by molar-refractivity contribution is 0.0942. The minimum Gasteiger partial charge on any atom is -0.493 e. The summed E-state index contributed by atoms with van der Waals surface area (Å²) < 4.78 is 13.8. The number of nitrogens with one attached hydrogen (secondary N) is 2. The Hall–Kier alpha value is -3.66. The number of carbonyl (C=O) groups excluding carboxylic acids is 1. The van der Waals surface area contributed by atoms with Crippen molar-refractivity contribution < 1.29 is 14.3 Å². The monoisotopic (exact) mass is 520 g/mol. The van der Waals surface area contributed by atoms with Crippen LogP contribution in [-0.2, 0) is 7.05 Å². The van der Waals surface area contributed by atoms with Gasteiger partial charge in [-0.15, -0.1) is 0 Å². The van der Waals surface area contributed by atoms with Crippen molar-refractivity contribution in [2.75, 3.05) is 46.4 Å². The Kier molecular flexibility index (Phi) is 7.55. The van der Waals surface area contributed by atoms with E-state index in [1.165, 1.54) is 0 Å². The van der Waals surface area contributed by atoms with Gasteiger partial charge < -0.3 is 24.7 Å². The van der Waals surface area contributed by atoms with Gasteiger partial charge in [-0.25, -0.2) is 4.98 Å². The predicted molar refractivity (Wildman–Crippen MR) is 144 cm³/mol. The van der Waals surface area contributed by atoms with E-state index in [2.05, 4.69) is 20.5 Å². The first-order chi connectivity index (χ1) is 18.0. The highest BCUT2D eigenvalue weighted by Crippen LogP contribution is 2.37. The highest BCUT2D eigenvalue weighted by atomic mass is 35.5. The average molecular weight is 521 g/mol. The van der Waals surface area contributed by atoms with Crippen LogP contribution < -0.4 is 20.1 Å². The maximum Gasteiger partial charge on any atom is 0.270 e. The standard InChI is InChI=1S/C27H29ClN6O3/c1-33-23-17-24(36-2)25(16-21(23)32-26(33)18-3-5-19(28)6-4-18)37-20-7-8-30-22(15-20)27(35)31-11-14-34-12-9-29-10-13-34/h3-8,15-17,29H,9-14H2,1-2H3,(H,31,35). The number of ether oxygens (including phenoxy) is 2. The van der Waals surface area contributed by atoms with Gasteiger partial charge in [-0.05, 0) is 30.3 Å². The van der Waals surface area contributed by atoms with Crippen LogP contribution in [0.25, 0.3) is 22.4 Å². The maximum atomic E-state index is 12.7. The second-order valence-electron chi connectivity index (χ2n) is 8.82. The number of pyridine rings is 1. The Labute approximate surface area is 220 Å². The fourth-order valence-electron chi connectivity index (χ4n) is 4.37. The van der Waals surface area contributed by atoms with Gasteiger partial charge in [-0.3, -0.25) is 14.7 Å². The van der Waals surface area contributed by atoms with Crippen molar-refractivity contribution in [3.05, 3.63) is 65.4 Å². The summed E-state index contributed by atoms with van der Waals surface area (Å²) in [4.78, 5) is 24.0. The summed E-state index contributed by atoms with van der Waals surface area (Å²) in [6, 6.07) is 14.6. The van der Waals surface area contributed by atoms with Crippen molar-refractivity contribution >= 4 is 28.5 Å². The number of aromatic nitrogens is 3. The van der Waals surface area contributed by atoms with Crippen LogP contribution >= 0.6 is 11.6 Å². The SMILES string of the molecule is COc1cc2c(cc1Oc1ccnc(C(=O)NCCN3CCNCC3)c1)nc(-c1ccc(Cl)cc1)n2C. The summed E-state index contributed by atoms with van der Waals surface area (Å²) in [7, 11) is 3.55. The van der Waals surface area contributed by atoms with E-state index < -0.39 is 0 Å². The predicted octanol–water partition coefficient (Wildman–Crippen LogP) is 3.72. The molecule has 4 aromatic rings. The molecule has 192 valence electrons. The quantitative estimate of drug-likeness (QED) is 0.365. The molecule has 37 heavy (non-hydrogen) atoms. The fraction of sp³-hybridized carbons (Fsp3) is 0.296. The van der Waals surface area contributed by atoms with Crippen LogP contribution in [0.4, 0.5) is 0 Å². The van der Waals surface area contributed by atoms with Gasteiger partial charge in [-0.2, -0.15) is 0 Å². The number of nitrogens with zero attached hydrogens (tertiary/aromatic N) is 4. The van der Waals surface area contributed by atoms with Crippen LogP contribution in [0.3, 0.4) is 0 Å². The van der Waals surface area contributed by atoms with E-state index in [0.717, 1.165) is 55.1 Å². The lowest BCUT2D eigenvalue weighted by atomic mass is 10.2. The molecule has 5 rings (SSSR count). The number of imidazole rings is 1. The zero-order valence-electron chi connectivity index (χ0n) is 20.8. The zero-order chi connectivity index (χ0) is 25.8. The van der Waals surface area contributed by atoms with Crippen molar-refractivity contribution in [2.24, 2.45) is 7.05 Å². The highest BCUT2D eigenvalue weighted by molar-refractivity contribution is 6.30. The van der Waals surface area contributed by atoms with E-state index in [0.29, 0.717) is 34.5 Å². The first-order valence-electron chi connectivity index (χ1n) is 12.2. The van der Waals surface area contributed by atoms with Gasteiger partial charge in [0.25, 0.3) is 5.91 Å². The molecule has 10 heteroatoms. The largest absolute Gasteiger partial charge is 0.493 e. The molecule has 2 N–H and O–H groups in total. The summed E-state index contributed by atoms with van der Waals surface area (Å²) in [6.45, 7) is 5.30. The molecule has 9 nitrogen and oxygen atoms in total. The summed E-state index contributed by atoms with van der Waals surface area (Å²) in [5, 5.41) is 6.94. The third-order valence-corrected chi connectivity index (χ3v) is 6.64. The number of rotatable bonds is 8. The Morgan fingerprint density at radius 1 is 1.11 bits per heavy atom. The summed E-state index contributed by atoms with van der Waals surface area (Å²) in [5.74, 6) is 2.09. The molecule has 2 aromatic heterocycles. The third-order valence-electron chi connectivity index (χ3n) is 6.38. The minimum absolute atomic E-state index is 0.236. The van der Waals surface area contributed by atoms with Crippen LogP contribution in [0, 0.1) is 0 Å². The minimum atomic E-state index is -0.236. The van der Waals surface area contributed by atoms with Gasteiger partial charge in [0.05, 0.1) is 18.1 Å². The smallest absolute Gasteiger partial charge is 0.270 e. The van der Waals surface area contributed by atoms with Crippen molar-refractivity contribution in [2.45, 2.75) is 0 Å². The lowest BCUT2D eigenvalue weighted by Gasteiger charge is -2.27. The molecule has 1 aliphatic heterocycles. The molecule has 1 saturated heterocycles. The number of benzene rings is 2. The van der Waals surface area contributed by atoms with Gasteiger partial charge in [0.15, 0.2) is 11.5 Å². The third kappa shape index (κ3) is 5.69. The highest BCUT2D eigenvalue weighted by Gasteiger charge is 2.17. The molecular formula is C27H29ClN6O3. The summed E-state index contributed by atoms with van der Waals surface area (Å²) in [6.07, 6.45) is 1.56. The second kappa shape index (κ2) is 11.2. The van der Waals surface area contributed by atoms with Gasteiger partial charge >= 0.3 is 0 Å². The van der Waals surface area contributed by atoms with Crippen LogP contribution in [-0.4, -0.2) is 71.7 Å². The normalized spacial score (nSPS) is 14.0. The number of hydrogen-bond donors (Lipinski definition) is 2. The van der Waals surface area contributed by atoms with E-state index in [4.69, 9.17) is 26.1 Å². The van der Waals surface area contributed by atoms with Gasteiger partial charge in [0.2, 0.25) is 0 Å². The number of piperazine rings is 1. The number of amides is 1. The van der Waals surface area contributed by atoms with Crippen molar-refractivity contribution in [3.63, 3.8) is 0 Å². The molecule has 0 saturated carbocycles. The van der Waals surface area contributed by atoms with Crippen LogP contribution in [0.1, 0.15) is 10.5 Å². The molecule has 2 aromatic carbocycles. The Morgan fingerprint density at radius 3 is 2.65 bits per heavy atom. The van der Waals surface area contributed by atoms with E-state index in [1.807, 2.05) is 48.0 Å². The van der Waals surface area contributed by atoms with Crippen LogP contribution in [0.2, 0.25) is 5.02 Å². The Bertz CT molecular complexity index is 1400. The number of hydrogen-bond acceptors (Lipinski definition) is 7. The lowest BCUT2D eigenvalue weighted by Crippen LogP contribution is -2.46. The van der Waals surface area contributed by atoms with E-state index in [1.54, 1.807) is 25.4 Å². The Balaban J connectivity index is 1.33. The second-order valence-corrected chi connectivity index (χ2v) is 9.26. The van der Waals surface area contributed by atoms with Gasteiger partial charge in [-0.1, -0.05) is 11.6 Å². The molecule has 1 fully saturated rings. The van der Waals surface area contributed by atoms with E-state index >= 15 is 0 Å². The molecule has 0 spiro atoms. The molecule has 0 aliphatic carbocycles. The topological polar surface area (TPSA) is 93.5 Å². The summed E-state index contributed by atoms with van der Waals surface area (Å²) in [5.41, 5.74) is 2.89. The number of halogens is 1. The molecular weight excluding hydrogens is 492 g/mol. The first kappa shape index (κ1) is 25.0. The summed E-state index contributed by atoms with van der Waals surface area (Å²) >= 11 is 6.05. The van der Waals surface area contributed by atoms with E-state index in [9.17, 15) is 4.79 Å². The molecule has 0 bridgehead atoms. The number of fused-ring (bicyclic) bond motifs is 1. The van der Waals surface area contributed by atoms with E-state index in [-0.39, 0.29) is 5.91 Å². The van der Waals surface area contributed by atoms with Crippen molar-refractivity contribution in [1.82, 2.24) is 30.1 Å². The zero-order valence-corrected chi connectivity index (χ0v) is 21.6. The molecule has 0 atom stereocenters. The fourth-order valence-corrected chi connectivity index (χ4v) is 4.50. The molecule has 0 radical (unpaired) electrons. The van der Waals surface area contributed by atoms with Crippen LogP contribution in [0.5, 0.6) is 17.2 Å². The number of aryl methyl sites for hydroxylation is 1. The average Bonchev–Trinajstić information content (AvgIpc) is 3.24. The Morgan fingerprint density at radius 2 is 1.89 bits per heavy atom. The molecule has 3 heterocycles.